The molecule has 0 spiro atoms. The summed E-state index contributed by atoms with van der Waals surface area (Å²) in [6.45, 7) is 5.99. The third-order valence-corrected chi connectivity index (χ3v) is 5.04. The Kier molecular flexibility index (Phi) is 4.90. The molecule has 1 unspecified atom stereocenters. The van der Waals surface area contributed by atoms with Crippen molar-refractivity contribution in [2.24, 2.45) is 0 Å². The second kappa shape index (κ2) is 5.76. The van der Waals surface area contributed by atoms with E-state index in [1.807, 2.05) is 6.92 Å². The zero-order valence-corrected chi connectivity index (χ0v) is 11.0. The lowest BCUT2D eigenvalue weighted by atomic mass is 10.00. The maximum absolute atomic E-state index is 12.4. The first-order valence-electron chi connectivity index (χ1n) is 5.63. The molecule has 0 aliphatic heterocycles. The third kappa shape index (κ3) is 3.03. The van der Waals surface area contributed by atoms with Gasteiger partial charge in [0.15, 0.2) is 5.78 Å². The van der Waals surface area contributed by atoms with Crippen LogP contribution in [0.5, 0.6) is 0 Å². The van der Waals surface area contributed by atoms with Crippen LogP contribution in [0.15, 0.2) is 11.6 Å². The molecule has 0 radical (unpaired) electrons. The van der Waals surface area contributed by atoms with Gasteiger partial charge in [0.05, 0.1) is 13.2 Å². The van der Waals surface area contributed by atoms with Crippen LogP contribution in [0.25, 0.3) is 0 Å². The number of carbonyl (C=O) groups excluding carboxylic acids is 1. The number of carbonyl (C=O) groups is 1. The van der Waals surface area contributed by atoms with Gasteiger partial charge in [-0.3, -0.25) is 9.36 Å². The number of rotatable bonds is 5. The molecule has 0 aromatic carbocycles. The van der Waals surface area contributed by atoms with E-state index in [-0.39, 0.29) is 5.78 Å². The lowest BCUT2D eigenvalue weighted by Crippen LogP contribution is -2.25. The second-order valence-corrected chi connectivity index (χ2v) is 6.04. The van der Waals surface area contributed by atoms with Crippen LogP contribution in [0.1, 0.15) is 33.6 Å². The minimum atomic E-state index is -3.27. The van der Waals surface area contributed by atoms with Crippen LogP contribution in [0.4, 0.5) is 0 Å². The average molecular weight is 246 g/mol. The molecule has 1 aliphatic rings. The Morgan fingerprint density at radius 1 is 1.38 bits per heavy atom. The van der Waals surface area contributed by atoms with Crippen LogP contribution in [0, 0.1) is 0 Å². The molecule has 92 valence electrons. The molecule has 0 heterocycles. The van der Waals surface area contributed by atoms with Gasteiger partial charge in [-0.25, -0.2) is 0 Å². The van der Waals surface area contributed by atoms with Crippen molar-refractivity contribution in [2.45, 2.75) is 39.3 Å². The Balaban J connectivity index is 2.88. The van der Waals surface area contributed by atoms with Crippen molar-refractivity contribution >= 4 is 13.4 Å². The van der Waals surface area contributed by atoms with Gasteiger partial charge in [0, 0.05) is 0 Å². The SMILES string of the molecule is CCOP(=O)(OCC)C1CCC(C)=CC1=O. The maximum Gasteiger partial charge on any atom is 0.341 e. The monoisotopic (exact) mass is 246 g/mol. The number of allylic oxidation sites excluding steroid dienone is 2. The zero-order chi connectivity index (χ0) is 12.2. The topological polar surface area (TPSA) is 52.6 Å². The summed E-state index contributed by atoms with van der Waals surface area (Å²) in [5.74, 6) is -0.131. The molecule has 0 aromatic heterocycles. The van der Waals surface area contributed by atoms with Gasteiger partial charge in [-0.1, -0.05) is 5.57 Å². The van der Waals surface area contributed by atoms with E-state index in [9.17, 15) is 9.36 Å². The molecule has 0 amide bonds. The van der Waals surface area contributed by atoms with Crippen LogP contribution in [0.3, 0.4) is 0 Å². The quantitative estimate of drug-likeness (QED) is 0.700. The highest BCUT2D eigenvalue weighted by atomic mass is 31.2. The molecule has 1 rings (SSSR count). The van der Waals surface area contributed by atoms with Crippen molar-refractivity contribution in [1.82, 2.24) is 0 Å². The largest absolute Gasteiger partial charge is 0.341 e. The summed E-state index contributed by atoms with van der Waals surface area (Å²) in [6.07, 6.45) is 2.89. The lowest BCUT2D eigenvalue weighted by molar-refractivity contribution is -0.115. The number of hydrogen-bond acceptors (Lipinski definition) is 4. The first kappa shape index (κ1) is 13.6. The van der Waals surface area contributed by atoms with E-state index < -0.39 is 13.3 Å². The van der Waals surface area contributed by atoms with Crippen molar-refractivity contribution in [3.05, 3.63) is 11.6 Å². The van der Waals surface area contributed by atoms with Crippen LogP contribution in [-0.2, 0) is 18.4 Å². The predicted molar refractivity (Wildman–Crippen MR) is 62.6 cm³/mol. The standard InChI is InChI=1S/C11H19O4P/c1-4-14-16(13,15-5-2)11-7-6-9(3)8-10(11)12/h8,11H,4-7H2,1-3H3. The molecule has 16 heavy (non-hydrogen) atoms. The Bertz CT molecular complexity index is 325. The molecule has 1 aliphatic carbocycles. The molecule has 0 aromatic rings. The second-order valence-electron chi connectivity index (χ2n) is 3.82. The molecule has 1 atom stereocenters. The van der Waals surface area contributed by atoms with Crippen LogP contribution in [-0.4, -0.2) is 24.7 Å². The van der Waals surface area contributed by atoms with E-state index in [0.717, 1.165) is 12.0 Å². The van der Waals surface area contributed by atoms with Crippen LogP contribution in [0.2, 0.25) is 0 Å². The molecular weight excluding hydrogens is 227 g/mol. The van der Waals surface area contributed by atoms with E-state index in [1.54, 1.807) is 19.9 Å². The van der Waals surface area contributed by atoms with Gasteiger partial charge in [0.25, 0.3) is 0 Å². The van der Waals surface area contributed by atoms with Gasteiger partial charge in [0.1, 0.15) is 5.66 Å². The van der Waals surface area contributed by atoms with Crippen molar-refractivity contribution in [1.29, 1.82) is 0 Å². The smallest absolute Gasteiger partial charge is 0.308 e. The zero-order valence-electron chi connectivity index (χ0n) is 10.1. The van der Waals surface area contributed by atoms with E-state index in [0.29, 0.717) is 19.6 Å². The molecule has 4 nitrogen and oxygen atoms in total. The van der Waals surface area contributed by atoms with E-state index in [1.165, 1.54) is 0 Å². The van der Waals surface area contributed by atoms with Gasteiger partial charge in [-0.15, -0.1) is 0 Å². The van der Waals surface area contributed by atoms with Crippen molar-refractivity contribution in [2.75, 3.05) is 13.2 Å². The Morgan fingerprint density at radius 2 is 1.94 bits per heavy atom. The lowest BCUT2D eigenvalue weighted by Gasteiger charge is -2.26. The minimum absolute atomic E-state index is 0.131. The molecular formula is C11H19O4P. The first-order valence-corrected chi connectivity index (χ1v) is 7.24. The van der Waals surface area contributed by atoms with E-state index >= 15 is 0 Å². The summed E-state index contributed by atoms with van der Waals surface area (Å²) in [7, 11) is -3.27. The van der Waals surface area contributed by atoms with Crippen molar-refractivity contribution in [3.63, 3.8) is 0 Å². The normalized spacial score (nSPS) is 22.1. The molecule has 0 bridgehead atoms. The number of ketones is 1. The van der Waals surface area contributed by atoms with E-state index in [2.05, 4.69) is 0 Å². The number of hydrogen-bond donors (Lipinski definition) is 0. The highest BCUT2D eigenvalue weighted by Crippen LogP contribution is 2.55. The highest BCUT2D eigenvalue weighted by Gasteiger charge is 2.40. The fourth-order valence-corrected chi connectivity index (χ4v) is 3.79. The van der Waals surface area contributed by atoms with Crippen molar-refractivity contribution in [3.8, 4) is 0 Å². The summed E-state index contributed by atoms with van der Waals surface area (Å²) < 4.78 is 22.8. The van der Waals surface area contributed by atoms with Crippen molar-refractivity contribution < 1.29 is 18.4 Å². The fraction of sp³-hybridized carbons (Fsp3) is 0.727. The summed E-state index contributed by atoms with van der Waals surface area (Å²) in [4.78, 5) is 11.8. The molecule has 0 saturated carbocycles. The average Bonchev–Trinajstić information content (AvgIpc) is 2.17. The Hall–Kier alpha value is -0.440. The Morgan fingerprint density at radius 3 is 2.38 bits per heavy atom. The molecule has 0 saturated heterocycles. The summed E-state index contributed by atoms with van der Waals surface area (Å²) in [5, 5.41) is 0. The maximum atomic E-state index is 12.4. The van der Waals surface area contributed by atoms with Gasteiger partial charge in [0.2, 0.25) is 0 Å². The minimum Gasteiger partial charge on any atom is -0.308 e. The molecule has 0 N–H and O–H groups in total. The van der Waals surface area contributed by atoms with Crippen LogP contribution >= 0.6 is 7.60 Å². The third-order valence-electron chi connectivity index (χ3n) is 2.53. The molecule has 0 fully saturated rings. The summed E-state index contributed by atoms with van der Waals surface area (Å²) in [5.41, 5.74) is 0.414. The highest BCUT2D eigenvalue weighted by molar-refractivity contribution is 7.55. The van der Waals surface area contributed by atoms with Gasteiger partial charge in [-0.2, -0.15) is 0 Å². The predicted octanol–water partition coefficient (Wildman–Crippen LogP) is 2.93. The van der Waals surface area contributed by atoms with E-state index in [4.69, 9.17) is 9.05 Å². The first-order chi connectivity index (χ1) is 7.53. The Labute approximate surface area is 96.5 Å². The van der Waals surface area contributed by atoms with Crippen LogP contribution < -0.4 is 0 Å². The van der Waals surface area contributed by atoms with Gasteiger partial charge in [-0.05, 0) is 39.7 Å². The van der Waals surface area contributed by atoms with Gasteiger partial charge < -0.3 is 9.05 Å². The molecule has 5 heteroatoms. The van der Waals surface area contributed by atoms with Gasteiger partial charge >= 0.3 is 7.60 Å². The fourth-order valence-electron chi connectivity index (χ4n) is 1.81. The summed E-state index contributed by atoms with van der Waals surface area (Å²) >= 11 is 0. The summed E-state index contributed by atoms with van der Waals surface area (Å²) in [6, 6.07) is 0.